The van der Waals surface area contributed by atoms with Crippen LogP contribution in [0, 0.1) is 0 Å². The Morgan fingerprint density at radius 3 is 2.92 bits per heavy atom. The highest BCUT2D eigenvalue weighted by Crippen LogP contribution is 2.28. The zero-order valence-electron chi connectivity index (χ0n) is 6.80. The largest absolute Gasteiger partial charge is 0.140 e. The van der Waals surface area contributed by atoms with Crippen LogP contribution in [-0.4, -0.2) is 0 Å². The normalized spacial score (nSPS) is 10.8. The van der Waals surface area contributed by atoms with Gasteiger partial charge in [0.2, 0.25) is 0 Å². The molecule has 2 heteroatoms. The Hall–Kier alpha value is -0.340. The molecule has 0 radical (unpaired) electrons. The van der Waals surface area contributed by atoms with Crippen LogP contribution in [0.1, 0.15) is 11.8 Å². The minimum Gasteiger partial charge on any atom is -0.140 e. The van der Waals surface area contributed by atoms with E-state index in [1.807, 2.05) is 11.3 Å². The van der Waals surface area contributed by atoms with Crippen molar-refractivity contribution in [3.05, 3.63) is 33.6 Å². The van der Waals surface area contributed by atoms with Gasteiger partial charge in [0.25, 0.3) is 0 Å². The first-order valence-corrected chi connectivity index (χ1v) is 5.58. The van der Waals surface area contributed by atoms with Gasteiger partial charge in [0.1, 0.15) is 0 Å². The molecule has 0 N–H and O–H groups in total. The second-order valence-corrected chi connectivity index (χ2v) is 4.83. The molecular formula is C10H9BrS. The molecule has 2 rings (SSSR count). The molecular weight excluding hydrogens is 232 g/mol. The van der Waals surface area contributed by atoms with Crippen LogP contribution in [0.5, 0.6) is 0 Å². The lowest BCUT2D eigenvalue weighted by Gasteiger charge is -1.88. The van der Waals surface area contributed by atoms with E-state index in [9.17, 15) is 0 Å². The van der Waals surface area contributed by atoms with Crippen LogP contribution in [0.15, 0.2) is 28.7 Å². The predicted octanol–water partition coefficient (Wildman–Crippen LogP) is 4.23. The summed E-state index contributed by atoms with van der Waals surface area (Å²) in [5, 5.41) is 1.36. The monoisotopic (exact) mass is 240 g/mol. The van der Waals surface area contributed by atoms with Gasteiger partial charge < -0.3 is 0 Å². The molecule has 0 fully saturated rings. The second-order valence-electron chi connectivity index (χ2n) is 2.75. The van der Waals surface area contributed by atoms with Crippen LogP contribution in [0.4, 0.5) is 0 Å². The van der Waals surface area contributed by atoms with Gasteiger partial charge in [-0.05, 0) is 30.0 Å². The molecule has 0 spiro atoms. The van der Waals surface area contributed by atoms with Crippen LogP contribution in [0.3, 0.4) is 0 Å². The molecule has 0 aliphatic carbocycles. The molecule has 0 aliphatic heterocycles. The van der Waals surface area contributed by atoms with Crippen LogP contribution in [-0.2, 0) is 6.42 Å². The minimum atomic E-state index is 1.14. The van der Waals surface area contributed by atoms with Crippen LogP contribution in [0.25, 0.3) is 10.1 Å². The van der Waals surface area contributed by atoms with E-state index >= 15 is 0 Å². The number of hydrogen-bond acceptors (Lipinski definition) is 1. The zero-order valence-corrected chi connectivity index (χ0v) is 9.21. The summed E-state index contributed by atoms with van der Waals surface area (Å²) in [6, 6.07) is 8.70. The Bertz CT molecular complexity index is 403. The third kappa shape index (κ3) is 1.41. The third-order valence-electron chi connectivity index (χ3n) is 1.88. The lowest BCUT2D eigenvalue weighted by atomic mass is 10.2. The van der Waals surface area contributed by atoms with E-state index in [0.717, 1.165) is 6.42 Å². The molecule has 62 valence electrons. The number of hydrogen-bond donors (Lipinski definition) is 0. The quantitative estimate of drug-likeness (QED) is 0.701. The van der Waals surface area contributed by atoms with E-state index in [-0.39, 0.29) is 0 Å². The van der Waals surface area contributed by atoms with Gasteiger partial charge in [0.15, 0.2) is 0 Å². The highest BCUT2D eigenvalue weighted by atomic mass is 79.9. The number of benzene rings is 1. The van der Waals surface area contributed by atoms with Crippen molar-refractivity contribution in [1.29, 1.82) is 0 Å². The van der Waals surface area contributed by atoms with Crippen molar-refractivity contribution in [3.63, 3.8) is 0 Å². The number of halogens is 1. The SMILES string of the molecule is CCc1cc2ccc(Br)cc2s1. The summed E-state index contributed by atoms with van der Waals surface area (Å²) in [5.74, 6) is 0. The van der Waals surface area contributed by atoms with Gasteiger partial charge in [-0.1, -0.05) is 28.9 Å². The summed E-state index contributed by atoms with van der Waals surface area (Å²) < 4.78 is 2.54. The van der Waals surface area contributed by atoms with Crippen molar-refractivity contribution in [3.8, 4) is 0 Å². The number of thiophene rings is 1. The molecule has 1 aromatic heterocycles. The van der Waals surface area contributed by atoms with Gasteiger partial charge in [-0.15, -0.1) is 11.3 Å². The van der Waals surface area contributed by atoms with Crippen LogP contribution in [0.2, 0.25) is 0 Å². The summed E-state index contributed by atoms with van der Waals surface area (Å²) in [6.07, 6.45) is 1.14. The Kier molecular flexibility index (Phi) is 2.20. The molecule has 0 saturated heterocycles. The third-order valence-corrected chi connectivity index (χ3v) is 3.62. The fourth-order valence-electron chi connectivity index (χ4n) is 1.23. The van der Waals surface area contributed by atoms with E-state index in [1.54, 1.807) is 0 Å². The molecule has 2 aromatic rings. The van der Waals surface area contributed by atoms with E-state index in [1.165, 1.54) is 19.4 Å². The van der Waals surface area contributed by atoms with Gasteiger partial charge >= 0.3 is 0 Å². The summed E-state index contributed by atoms with van der Waals surface area (Å²) in [6.45, 7) is 2.19. The Morgan fingerprint density at radius 2 is 2.17 bits per heavy atom. The first-order valence-electron chi connectivity index (χ1n) is 3.97. The molecule has 0 atom stereocenters. The smallest absolute Gasteiger partial charge is 0.0356 e. The molecule has 0 aliphatic rings. The molecule has 0 saturated carbocycles. The minimum absolute atomic E-state index is 1.14. The molecule has 0 bridgehead atoms. The van der Waals surface area contributed by atoms with Crippen molar-refractivity contribution in [2.75, 3.05) is 0 Å². The number of aryl methyl sites for hydroxylation is 1. The van der Waals surface area contributed by atoms with Crippen molar-refractivity contribution in [2.45, 2.75) is 13.3 Å². The topological polar surface area (TPSA) is 0 Å². The maximum Gasteiger partial charge on any atom is 0.0356 e. The standard InChI is InChI=1S/C10H9BrS/c1-2-9-5-7-3-4-8(11)6-10(7)12-9/h3-6H,2H2,1H3. The van der Waals surface area contributed by atoms with Crippen molar-refractivity contribution in [1.82, 2.24) is 0 Å². The van der Waals surface area contributed by atoms with Crippen LogP contribution < -0.4 is 0 Å². The number of fused-ring (bicyclic) bond motifs is 1. The maximum atomic E-state index is 3.47. The summed E-state index contributed by atoms with van der Waals surface area (Å²) >= 11 is 5.35. The summed E-state index contributed by atoms with van der Waals surface area (Å²) in [4.78, 5) is 1.46. The lowest BCUT2D eigenvalue weighted by Crippen LogP contribution is -1.64. The Morgan fingerprint density at radius 1 is 1.33 bits per heavy atom. The summed E-state index contributed by atoms with van der Waals surface area (Å²) in [5.41, 5.74) is 0. The second kappa shape index (κ2) is 3.19. The van der Waals surface area contributed by atoms with Crippen molar-refractivity contribution in [2.24, 2.45) is 0 Å². The first-order chi connectivity index (χ1) is 5.79. The van der Waals surface area contributed by atoms with Crippen LogP contribution >= 0.6 is 27.3 Å². The first kappa shape index (κ1) is 8.27. The Balaban J connectivity index is 2.67. The summed E-state index contributed by atoms with van der Waals surface area (Å²) in [7, 11) is 0. The average molecular weight is 241 g/mol. The highest BCUT2D eigenvalue weighted by Gasteiger charge is 1.99. The lowest BCUT2D eigenvalue weighted by molar-refractivity contribution is 1.19. The Labute approximate surface area is 84.4 Å². The van der Waals surface area contributed by atoms with E-state index in [4.69, 9.17) is 0 Å². The van der Waals surface area contributed by atoms with Gasteiger partial charge in [0.05, 0.1) is 0 Å². The molecule has 0 unspecified atom stereocenters. The molecule has 0 nitrogen and oxygen atoms in total. The molecule has 0 amide bonds. The van der Waals surface area contributed by atoms with E-state index < -0.39 is 0 Å². The van der Waals surface area contributed by atoms with Gasteiger partial charge in [-0.3, -0.25) is 0 Å². The van der Waals surface area contributed by atoms with Gasteiger partial charge in [-0.2, -0.15) is 0 Å². The number of rotatable bonds is 1. The average Bonchev–Trinajstić information content (AvgIpc) is 2.46. The zero-order chi connectivity index (χ0) is 8.55. The van der Waals surface area contributed by atoms with Gasteiger partial charge in [-0.25, -0.2) is 0 Å². The fourth-order valence-corrected chi connectivity index (χ4v) is 2.79. The van der Waals surface area contributed by atoms with E-state index in [2.05, 4.69) is 47.1 Å². The maximum absolute atomic E-state index is 3.47. The molecule has 1 heterocycles. The van der Waals surface area contributed by atoms with E-state index in [0.29, 0.717) is 0 Å². The highest BCUT2D eigenvalue weighted by molar-refractivity contribution is 9.10. The molecule has 12 heavy (non-hydrogen) atoms. The van der Waals surface area contributed by atoms with Crippen molar-refractivity contribution < 1.29 is 0 Å². The fraction of sp³-hybridized carbons (Fsp3) is 0.200. The van der Waals surface area contributed by atoms with Crippen molar-refractivity contribution >= 4 is 37.4 Å². The molecule has 1 aromatic carbocycles. The van der Waals surface area contributed by atoms with Gasteiger partial charge in [0, 0.05) is 14.0 Å². The predicted molar refractivity (Wildman–Crippen MR) is 58.9 cm³/mol.